The molecule has 1 aromatic heterocycles. The van der Waals surface area contributed by atoms with Crippen LogP contribution in [-0.2, 0) is 4.74 Å². The summed E-state index contributed by atoms with van der Waals surface area (Å²) < 4.78 is 4.54. The van der Waals surface area contributed by atoms with Gasteiger partial charge in [-0.15, -0.1) is 0 Å². The molecule has 0 fully saturated rings. The third-order valence-corrected chi connectivity index (χ3v) is 2.23. The van der Waals surface area contributed by atoms with Gasteiger partial charge >= 0.3 is 6.09 Å². The third-order valence-electron chi connectivity index (χ3n) is 2.23. The molecule has 9 nitrogen and oxygen atoms in total. The van der Waals surface area contributed by atoms with Crippen molar-refractivity contribution in [2.45, 2.75) is 13.3 Å². The molecule has 1 aromatic rings. The first-order chi connectivity index (χ1) is 9.52. The second-order valence-electron chi connectivity index (χ2n) is 3.87. The first-order valence-corrected chi connectivity index (χ1v) is 6.09. The van der Waals surface area contributed by atoms with Gasteiger partial charge < -0.3 is 21.1 Å². The van der Waals surface area contributed by atoms with Gasteiger partial charge in [-0.1, -0.05) is 6.92 Å². The monoisotopic (exact) mass is 283 g/mol. The van der Waals surface area contributed by atoms with E-state index in [9.17, 15) is 14.9 Å². The van der Waals surface area contributed by atoms with E-state index in [4.69, 9.17) is 5.73 Å². The summed E-state index contributed by atoms with van der Waals surface area (Å²) >= 11 is 0. The number of amides is 1. The van der Waals surface area contributed by atoms with E-state index in [1.165, 1.54) is 12.1 Å². The molecule has 1 heterocycles. The Kier molecular flexibility index (Phi) is 6.01. The molecule has 0 atom stereocenters. The molecule has 0 aromatic carbocycles. The Hall–Kier alpha value is -2.58. The number of aromatic nitrogens is 1. The molecule has 0 aliphatic rings. The molecular weight excluding hydrogens is 266 g/mol. The van der Waals surface area contributed by atoms with E-state index in [0.29, 0.717) is 18.2 Å². The molecule has 1 rings (SSSR count). The number of nitrogens with one attached hydrogen (secondary N) is 2. The minimum atomic E-state index is -0.871. The Morgan fingerprint density at radius 1 is 1.40 bits per heavy atom. The Labute approximate surface area is 115 Å². The summed E-state index contributed by atoms with van der Waals surface area (Å²) in [5.74, 6) is 0.741. The van der Waals surface area contributed by atoms with Crippen LogP contribution in [0, 0.1) is 10.1 Å². The van der Waals surface area contributed by atoms with Crippen LogP contribution in [0.25, 0.3) is 0 Å². The molecule has 0 bridgehead atoms. The highest BCUT2D eigenvalue weighted by Gasteiger charge is 2.10. The number of primary amides is 1. The predicted octanol–water partition coefficient (Wildman–Crippen LogP) is 1.32. The fourth-order valence-corrected chi connectivity index (χ4v) is 1.39. The number of hydrogen-bond donors (Lipinski definition) is 3. The Bertz CT molecular complexity index is 480. The van der Waals surface area contributed by atoms with Crippen molar-refractivity contribution in [1.82, 2.24) is 4.98 Å². The van der Waals surface area contributed by atoms with Gasteiger partial charge in [-0.3, -0.25) is 10.1 Å². The number of carbonyl (C=O) groups excluding carboxylic acids is 1. The molecule has 0 aliphatic carbocycles. The molecule has 110 valence electrons. The van der Waals surface area contributed by atoms with Crippen LogP contribution in [-0.4, -0.2) is 35.7 Å². The van der Waals surface area contributed by atoms with E-state index in [-0.39, 0.29) is 18.8 Å². The lowest BCUT2D eigenvalue weighted by Gasteiger charge is -2.09. The summed E-state index contributed by atoms with van der Waals surface area (Å²) in [6, 6.07) is 2.67. The van der Waals surface area contributed by atoms with Crippen molar-refractivity contribution in [2.75, 3.05) is 30.3 Å². The highest BCUT2D eigenvalue weighted by molar-refractivity contribution is 5.64. The maximum absolute atomic E-state index is 10.8. The van der Waals surface area contributed by atoms with Gasteiger partial charge in [-0.25, -0.2) is 9.78 Å². The van der Waals surface area contributed by atoms with Gasteiger partial charge in [-0.05, 0) is 6.42 Å². The van der Waals surface area contributed by atoms with Crippen molar-refractivity contribution in [3.8, 4) is 0 Å². The normalized spacial score (nSPS) is 9.85. The molecule has 1 amide bonds. The molecule has 0 spiro atoms. The second kappa shape index (κ2) is 7.77. The molecule has 0 saturated heterocycles. The minimum Gasteiger partial charge on any atom is -0.448 e. The minimum absolute atomic E-state index is 0.0530. The fourth-order valence-electron chi connectivity index (χ4n) is 1.39. The van der Waals surface area contributed by atoms with Crippen LogP contribution in [0.1, 0.15) is 13.3 Å². The highest BCUT2D eigenvalue weighted by Crippen LogP contribution is 2.20. The summed E-state index contributed by atoms with van der Waals surface area (Å²) in [5, 5.41) is 16.6. The zero-order chi connectivity index (χ0) is 15.0. The zero-order valence-corrected chi connectivity index (χ0v) is 11.1. The van der Waals surface area contributed by atoms with Crippen LogP contribution >= 0.6 is 0 Å². The molecule has 4 N–H and O–H groups in total. The number of anilines is 2. The van der Waals surface area contributed by atoms with E-state index < -0.39 is 11.0 Å². The highest BCUT2D eigenvalue weighted by atomic mass is 16.6. The van der Waals surface area contributed by atoms with E-state index in [1.807, 2.05) is 6.92 Å². The largest absolute Gasteiger partial charge is 0.448 e. The topological polar surface area (TPSA) is 132 Å². The SMILES string of the molecule is CCCNc1cc([N+](=O)[O-])cc(NCCOC(N)=O)n1. The molecular formula is C11H17N5O4. The molecule has 0 aliphatic heterocycles. The quantitative estimate of drug-likeness (QED) is 0.372. The Morgan fingerprint density at radius 2 is 2.00 bits per heavy atom. The van der Waals surface area contributed by atoms with Crippen molar-refractivity contribution >= 4 is 23.4 Å². The average molecular weight is 283 g/mol. The molecule has 0 unspecified atom stereocenters. The molecule has 0 radical (unpaired) electrons. The van der Waals surface area contributed by atoms with E-state index in [2.05, 4.69) is 20.4 Å². The zero-order valence-electron chi connectivity index (χ0n) is 11.1. The first-order valence-electron chi connectivity index (χ1n) is 6.09. The van der Waals surface area contributed by atoms with Crippen LogP contribution in [0.3, 0.4) is 0 Å². The van der Waals surface area contributed by atoms with Crippen LogP contribution in [0.4, 0.5) is 22.1 Å². The van der Waals surface area contributed by atoms with E-state index >= 15 is 0 Å². The van der Waals surface area contributed by atoms with E-state index in [1.54, 1.807) is 0 Å². The molecule has 0 saturated carbocycles. The van der Waals surface area contributed by atoms with Gasteiger partial charge in [0.25, 0.3) is 5.69 Å². The van der Waals surface area contributed by atoms with Gasteiger partial charge in [0.05, 0.1) is 23.6 Å². The van der Waals surface area contributed by atoms with Crippen LogP contribution < -0.4 is 16.4 Å². The maximum Gasteiger partial charge on any atom is 0.404 e. The van der Waals surface area contributed by atoms with Crippen LogP contribution in [0.5, 0.6) is 0 Å². The lowest BCUT2D eigenvalue weighted by atomic mass is 10.3. The van der Waals surface area contributed by atoms with Gasteiger partial charge in [-0.2, -0.15) is 0 Å². The summed E-state index contributed by atoms with van der Waals surface area (Å²) in [6.45, 7) is 2.95. The standard InChI is InChI=1S/C11H17N5O4/c1-2-3-13-9-6-8(16(18)19)7-10(15-9)14-4-5-20-11(12)17/h6-7H,2-5H2,1H3,(H2,12,17)(H2,13,14,15). The van der Waals surface area contributed by atoms with Crippen molar-refractivity contribution in [1.29, 1.82) is 0 Å². The number of ether oxygens (including phenoxy) is 1. The van der Waals surface area contributed by atoms with Crippen molar-refractivity contribution in [3.63, 3.8) is 0 Å². The lowest BCUT2D eigenvalue weighted by molar-refractivity contribution is -0.384. The van der Waals surface area contributed by atoms with E-state index in [0.717, 1.165) is 6.42 Å². The maximum atomic E-state index is 10.8. The first kappa shape index (κ1) is 15.5. The molecule has 9 heteroatoms. The van der Waals surface area contributed by atoms with Gasteiger partial charge in [0.15, 0.2) is 0 Å². The van der Waals surface area contributed by atoms with Crippen molar-refractivity contribution in [2.24, 2.45) is 5.73 Å². The summed E-state index contributed by atoms with van der Waals surface area (Å²) in [4.78, 5) is 24.9. The van der Waals surface area contributed by atoms with Gasteiger partial charge in [0.2, 0.25) is 0 Å². The Balaban J connectivity index is 2.70. The number of pyridine rings is 1. The number of carbonyl (C=O) groups is 1. The number of nitrogens with zero attached hydrogens (tertiary/aromatic N) is 2. The van der Waals surface area contributed by atoms with Crippen LogP contribution in [0.15, 0.2) is 12.1 Å². The number of nitro groups is 1. The van der Waals surface area contributed by atoms with Gasteiger partial charge in [0, 0.05) is 6.54 Å². The number of hydrogen-bond acceptors (Lipinski definition) is 7. The third kappa shape index (κ3) is 5.38. The average Bonchev–Trinajstić information content (AvgIpc) is 2.41. The van der Waals surface area contributed by atoms with Gasteiger partial charge in [0.1, 0.15) is 18.2 Å². The Morgan fingerprint density at radius 3 is 2.50 bits per heavy atom. The second-order valence-corrected chi connectivity index (χ2v) is 3.87. The predicted molar refractivity (Wildman–Crippen MR) is 73.7 cm³/mol. The molecule has 20 heavy (non-hydrogen) atoms. The smallest absolute Gasteiger partial charge is 0.404 e. The number of rotatable bonds is 8. The number of nitrogens with two attached hydrogens (primary N) is 1. The van der Waals surface area contributed by atoms with Crippen molar-refractivity contribution < 1.29 is 14.5 Å². The van der Waals surface area contributed by atoms with Crippen LogP contribution in [0.2, 0.25) is 0 Å². The lowest BCUT2D eigenvalue weighted by Crippen LogP contribution is -2.18. The summed E-state index contributed by atoms with van der Waals surface area (Å²) in [7, 11) is 0. The summed E-state index contributed by atoms with van der Waals surface area (Å²) in [6.07, 6.45) is 0.00339. The fraction of sp³-hybridized carbons (Fsp3) is 0.455. The summed E-state index contributed by atoms with van der Waals surface area (Å²) in [5.41, 5.74) is 4.74. The van der Waals surface area contributed by atoms with Crippen molar-refractivity contribution in [3.05, 3.63) is 22.2 Å².